The lowest BCUT2D eigenvalue weighted by atomic mass is 10.1. The highest BCUT2D eigenvalue weighted by atomic mass is 32.2. The van der Waals surface area contributed by atoms with Crippen LogP contribution in [-0.4, -0.2) is 50.3 Å². The van der Waals surface area contributed by atoms with Gasteiger partial charge in [-0.2, -0.15) is 0 Å². The van der Waals surface area contributed by atoms with Crippen LogP contribution >= 0.6 is 11.8 Å². The minimum atomic E-state index is 0.0744. The minimum Gasteiger partial charge on any atom is -0.508 e. The quantitative estimate of drug-likeness (QED) is 0.574. The van der Waals surface area contributed by atoms with Gasteiger partial charge in [0.15, 0.2) is 11.0 Å². The molecule has 0 bridgehead atoms. The number of aromatic nitrogens is 3. The topological polar surface area (TPSA) is 80.5 Å². The average Bonchev–Trinajstić information content (AvgIpc) is 3.52. The number of fused-ring (bicyclic) bond motifs is 1. The molecule has 5 rings (SSSR count). The van der Waals surface area contributed by atoms with Gasteiger partial charge in [-0.3, -0.25) is 9.36 Å². The zero-order chi connectivity index (χ0) is 22.1. The zero-order valence-electron chi connectivity index (χ0n) is 18.0. The number of carbonyl (C=O) groups is 1. The lowest BCUT2D eigenvalue weighted by Crippen LogP contribution is -2.37. The van der Waals surface area contributed by atoms with Crippen LogP contribution in [0.5, 0.6) is 5.75 Å². The van der Waals surface area contributed by atoms with Crippen LogP contribution in [0, 0.1) is 0 Å². The maximum atomic E-state index is 13.2. The molecule has 0 radical (unpaired) electrons. The second-order valence-corrected chi connectivity index (χ2v) is 9.28. The first kappa shape index (κ1) is 21.0. The summed E-state index contributed by atoms with van der Waals surface area (Å²) < 4.78 is 7.89. The van der Waals surface area contributed by atoms with Crippen LogP contribution in [-0.2, 0) is 22.5 Å². The van der Waals surface area contributed by atoms with Crippen LogP contribution in [0.1, 0.15) is 25.3 Å². The van der Waals surface area contributed by atoms with E-state index in [2.05, 4.69) is 23.2 Å². The number of rotatable bonds is 6. The van der Waals surface area contributed by atoms with Gasteiger partial charge in [-0.05, 0) is 62.1 Å². The first-order chi connectivity index (χ1) is 15.6. The number of anilines is 1. The molecule has 1 saturated heterocycles. The number of phenols is 1. The van der Waals surface area contributed by atoms with Gasteiger partial charge in [-0.1, -0.05) is 30.0 Å². The van der Waals surface area contributed by atoms with E-state index in [1.54, 1.807) is 12.1 Å². The molecule has 2 aromatic carbocycles. The molecule has 2 aliphatic rings. The minimum absolute atomic E-state index is 0.0744. The number of thioether (sulfide) groups is 1. The third-order valence-corrected chi connectivity index (χ3v) is 7.00. The number of nitrogens with zero attached hydrogens (tertiary/aromatic N) is 4. The molecule has 3 heterocycles. The molecule has 2 aliphatic heterocycles. The molecule has 3 aromatic rings. The van der Waals surface area contributed by atoms with Crippen molar-refractivity contribution in [3.05, 3.63) is 54.1 Å². The van der Waals surface area contributed by atoms with Crippen molar-refractivity contribution >= 4 is 23.4 Å². The predicted octanol–water partition coefficient (Wildman–Crippen LogP) is 3.90. The molecular formula is C24H26N4O3S. The Morgan fingerprint density at radius 3 is 2.78 bits per heavy atom. The molecule has 0 aliphatic carbocycles. The number of hydrogen-bond donors (Lipinski definition) is 1. The summed E-state index contributed by atoms with van der Waals surface area (Å²) >= 11 is 1.41. The Bertz CT molecular complexity index is 1110. The van der Waals surface area contributed by atoms with Gasteiger partial charge in [-0.15, -0.1) is 10.2 Å². The van der Waals surface area contributed by atoms with E-state index in [0.717, 1.165) is 42.9 Å². The number of para-hydroxylation sites is 1. The number of hydrogen-bond acceptors (Lipinski definition) is 6. The maximum absolute atomic E-state index is 13.2. The second-order valence-electron chi connectivity index (χ2n) is 8.33. The third-order valence-electron chi connectivity index (χ3n) is 6.05. The SMILES string of the molecule is C[C@H]1Cc2ccccc2N1C(=O)CSc1nnc(-c2ccc(O)cc2)n1C[C@H]1CCCO1. The summed E-state index contributed by atoms with van der Waals surface area (Å²) in [5, 5.41) is 19.2. The van der Waals surface area contributed by atoms with Crippen molar-refractivity contribution in [2.75, 3.05) is 17.3 Å². The summed E-state index contributed by atoms with van der Waals surface area (Å²) in [5.74, 6) is 1.29. The van der Waals surface area contributed by atoms with Crippen LogP contribution < -0.4 is 4.90 Å². The van der Waals surface area contributed by atoms with E-state index in [4.69, 9.17) is 4.74 Å². The molecule has 1 amide bonds. The highest BCUT2D eigenvalue weighted by Crippen LogP contribution is 2.33. The smallest absolute Gasteiger partial charge is 0.237 e. The second kappa shape index (κ2) is 8.96. The van der Waals surface area contributed by atoms with Gasteiger partial charge in [0.2, 0.25) is 5.91 Å². The molecule has 0 unspecified atom stereocenters. The monoisotopic (exact) mass is 450 g/mol. The summed E-state index contributed by atoms with van der Waals surface area (Å²) in [5.41, 5.74) is 3.10. The van der Waals surface area contributed by atoms with E-state index in [0.29, 0.717) is 11.7 Å². The van der Waals surface area contributed by atoms with Crippen molar-refractivity contribution in [2.45, 2.75) is 50.0 Å². The summed E-state index contributed by atoms with van der Waals surface area (Å²) in [6, 6.07) is 15.2. The highest BCUT2D eigenvalue weighted by molar-refractivity contribution is 7.99. The van der Waals surface area contributed by atoms with Gasteiger partial charge < -0.3 is 14.7 Å². The van der Waals surface area contributed by atoms with Crippen molar-refractivity contribution in [3.8, 4) is 17.1 Å². The van der Waals surface area contributed by atoms with Gasteiger partial charge in [0, 0.05) is 23.9 Å². The molecule has 0 spiro atoms. The third kappa shape index (κ3) is 4.12. The van der Waals surface area contributed by atoms with E-state index >= 15 is 0 Å². The molecule has 1 N–H and O–H groups in total. The van der Waals surface area contributed by atoms with Crippen molar-refractivity contribution in [1.82, 2.24) is 14.8 Å². The fraction of sp³-hybridized carbons (Fsp3) is 0.375. The van der Waals surface area contributed by atoms with Crippen LogP contribution in [0.2, 0.25) is 0 Å². The van der Waals surface area contributed by atoms with Crippen molar-refractivity contribution in [1.29, 1.82) is 0 Å². The number of carbonyl (C=O) groups excluding carboxylic acids is 1. The van der Waals surface area contributed by atoms with Gasteiger partial charge in [0.25, 0.3) is 0 Å². The Balaban J connectivity index is 1.37. The van der Waals surface area contributed by atoms with Gasteiger partial charge in [0.1, 0.15) is 5.75 Å². The molecule has 166 valence electrons. The average molecular weight is 451 g/mol. The number of ether oxygens (including phenoxy) is 1. The molecule has 7 nitrogen and oxygen atoms in total. The molecular weight excluding hydrogens is 424 g/mol. The first-order valence-corrected chi connectivity index (χ1v) is 12.0. The fourth-order valence-electron chi connectivity index (χ4n) is 4.52. The van der Waals surface area contributed by atoms with E-state index < -0.39 is 0 Å². The normalized spacial score (nSPS) is 20.0. The van der Waals surface area contributed by atoms with Gasteiger partial charge >= 0.3 is 0 Å². The molecule has 1 aromatic heterocycles. The standard InChI is InChI=1S/C24H26N4O3S/c1-16-13-18-5-2-3-7-21(18)28(16)22(30)15-32-24-26-25-23(17-8-10-19(29)11-9-17)27(24)14-20-6-4-12-31-20/h2-3,5,7-11,16,20,29H,4,6,12-15H2,1H3/t16-,20+/m0/s1. The van der Waals surface area contributed by atoms with E-state index in [1.807, 2.05) is 39.8 Å². The van der Waals surface area contributed by atoms with Crippen molar-refractivity contribution in [3.63, 3.8) is 0 Å². The Morgan fingerprint density at radius 1 is 1.19 bits per heavy atom. The summed E-state index contributed by atoms with van der Waals surface area (Å²) in [6.45, 7) is 3.50. The van der Waals surface area contributed by atoms with Crippen LogP contribution in [0.4, 0.5) is 5.69 Å². The molecule has 2 atom stereocenters. The highest BCUT2D eigenvalue weighted by Gasteiger charge is 2.31. The van der Waals surface area contributed by atoms with Crippen molar-refractivity contribution in [2.24, 2.45) is 0 Å². The molecule has 8 heteroatoms. The predicted molar refractivity (Wildman–Crippen MR) is 124 cm³/mol. The van der Waals surface area contributed by atoms with E-state index in [9.17, 15) is 9.90 Å². The number of amides is 1. The Labute approximate surface area is 191 Å². The van der Waals surface area contributed by atoms with E-state index in [-0.39, 0.29) is 29.6 Å². The fourth-order valence-corrected chi connectivity index (χ4v) is 5.32. The van der Waals surface area contributed by atoms with Crippen molar-refractivity contribution < 1.29 is 14.6 Å². The van der Waals surface area contributed by atoms with Crippen LogP contribution in [0.15, 0.2) is 53.7 Å². The zero-order valence-corrected chi connectivity index (χ0v) is 18.8. The number of phenolic OH excluding ortho intramolecular Hbond substituents is 1. The van der Waals surface area contributed by atoms with E-state index in [1.165, 1.54) is 17.3 Å². The summed E-state index contributed by atoms with van der Waals surface area (Å²) in [7, 11) is 0. The van der Waals surface area contributed by atoms with Gasteiger partial charge in [0.05, 0.1) is 18.4 Å². The molecule has 32 heavy (non-hydrogen) atoms. The lowest BCUT2D eigenvalue weighted by Gasteiger charge is -2.22. The number of aromatic hydroxyl groups is 1. The Morgan fingerprint density at radius 2 is 2.00 bits per heavy atom. The summed E-state index contributed by atoms with van der Waals surface area (Å²) in [4.78, 5) is 15.1. The van der Waals surface area contributed by atoms with Crippen LogP contribution in [0.3, 0.4) is 0 Å². The van der Waals surface area contributed by atoms with Crippen LogP contribution in [0.25, 0.3) is 11.4 Å². The largest absolute Gasteiger partial charge is 0.508 e. The summed E-state index contributed by atoms with van der Waals surface area (Å²) in [6.07, 6.45) is 3.04. The van der Waals surface area contributed by atoms with Gasteiger partial charge in [-0.25, -0.2) is 0 Å². The molecule has 1 fully saturated rings. The Hall–Kier alpha value is -2.84. The number of benzene rings is 2. The molecule has 0 saturated carbocycles. The lowest BCUT2D eigenvalue weighted by molar-refractivity contribution is -0.116. The maximum Gasteiger partial charge on any atom is 0.237 e. The Kier molecular flexibility index (Phi) is 5.89. The first-order valence-electron chi connectivity index (χ1n) is 11.0.